The molecule has 0 radical (unpaired) electrons. The Kier molecular flexibility index (Phi) is 15.5. The van der Waals surface area contributed by atoms with Crippen LogP contribution in [0.1, 0.15) is 80.2 Å². The van der Waals surface area contributed by atoms with Crippen molar-refractivity contribution in [3.8, 4) is 11.4 Å². The van der Waals surface area contributed by atoms with E-state index < -0.39 is 107 Å². The molecule has 3 fully saturated rings. The molecule has 342 valence electrons. The van der Waals surface area contributed by atoms with Crippen molar-refractivity contribution in [2.45, 2.75) is 135 Å². The number of rotatable bonds is 10. The van der Waals surface area contributed by atoms with Crippen molar-refractivity contribution in [3.63, 3.8) is 0 Å². The first-order valence-corrected chi connectivity index (χ1v) is 21.3. The number of Topliss-reactive ketones (excluding diaryl/α,β-unsaturated/α-hetero) is 2. The lowest BCUT2D eigenvalue weighted by atomic mass is 9.73. The van der Waals surface area contributed by atoms with Crippen molar-refractivity contribution in [3.05, 3.63) is 48.0 Å². The number of fused-ring (bicyclic) bond motifs is 1. The van der Waals surface area contributed by atoms with Crippen LogP contribution < -0.4 is 10.7 Å². The van der Waals surface area contributed by atoms with Gasteiger partial charge in [0.05, 0.1) is 12.1 Å². The van der Waals surface area contributed by atoms with Gasteiger partial charge in [-0.15, -0.1) is 0 Å². The van der Waals surface area contributed by atoms with Gasteiger partial charge in [0.25, 0.3) is 0 Å². The van der Waals surface area contributed by atoms with Crippen LogP contribution in [0, 0.1) is 29.5 Å². The van der Waals surface area contributed by atoms with E-state index in [1.165, 1.54) is 31.8 Å². The molecule has 62 heavy (non-hydrogen) atoms. The fraction of sp³-hybridized carbons (Fsp3) is 0.659. The summed E-state index contributed by atoms with van der Waals surface area (Å²) in [5, 5.41) is 15.7. The molecule has 0 unspecified atom stereocenters. The van der Waals surface area contributed by atoms with E-state index in [-0.39, 0.29) is 31.6 Å². The monoisotopic (exact) mass is 870 g/mol. The minimum Gasteiger partial charge on any atom is -0.458 e. The summed E-state index contributed by atoms with van der Waals surface area (Å²) in [6.45, 7) is 13.0. The molecule has 0 saturated carbocycles. The third-order valence-electron chi connectivity index (χ3n) is 12.7. The van der Waals surface area contributed by atoms with Gasteiger partial charge in [0, 0.05) is 55.3 Å². The maximum absolute atomic E-state index is 15.2. The molecule has 5 rings (SSSR count). The van der Waals surface area contributed by atoms with Gasteiger partial charge >= 0.3 is 18.2 Å². The number of likely N-dealkylation sites (N-methyl/N-ethyl adjacent to an activating group) is 2. The fourth-order valence-electron chi connectivity index (χ4n) is 9.16. The minimum absolute atomic E-state index is 0.142. The minimum atomic E-state index is -1.83. The largest absolute Gasteiger partial charge is 0.458 e. The number of aromatic nitrogens is 2. The van der Waals surface area contributed by atoms with Gasteiger partial charge < -0.3 is 39.0 Å². The van der Waals surface area contributed by atoms with Crippen LogP contribution in [-0.4, -0.2) is 136 Å². The maximum Gasteiger partial charge on any atom is 0.422 e. The van der Waals surface area contributed by atoms with Crippen molar-refractivity contribution in [1.29, 1.82) is 0 Å². The molecule has 4 heterocycles. The molecule has 0 bridgehead atoms. The molecular formula is C44H63FN6O11. The number of esters is 1. The second-order valence-electron chi connectivity index (χ2n) is 17.7. The zero-order chi connectivity index (χ0) is 45.8. The van der Waals surface area contributed by atoms with Crippen LogP contribution in [0.5, 0.6) is 0 Å². The highest BCUT2D eigenvalue weighted by Crippen LogP contribution is 2.40. The Morgan fingerprint density at radius 3 is 2.34 bits per heavy atom. The number of hydrogen-bond donors (Lipinski definition) is 3. The Morgan fingerprint density at radius 1 is 1.03 bits per heavy atom. The van der Waals surface area contributed by atoms with E-state index in [0.717, 1.165) is 0 Å². The van der Waals surface area contributed by atoms with Crippen molar-refractivity contribution in [2.24, 2.45) is 23.7 Å². The van der Waals surface area contributed by atoms with Crippen LogP contribution >= 0.6 is 0 Å². The molecule has 0 spiro atoms. The summed E-state index contributed by atoms with van der Waals surface area (Å²) in [4.78, 5) is 79.8. The van der Waals surface area contributed by atoms with Crippen LogP contribution in [0.4, 0.5) is 14.0 Å². The Bertz CT molecular complexity index is 1940. The third-order valence-corrected chi connectivity index (χ3v) is 12.7. The highest BCUT2D eigenvalue weighted by Gasteiger charge is 2.57. The molecule has 2 amide bonds. The number of amides is 2. The van der Waals surface area contributed by atoms with E-state index in [0.29, 0.717) is 23.4 Å². The molecule has 1 aromatic heterocycles. The quantitative estimate of drug-likeness (QED) is 0.132. The number of hydrazine groups is 1. The van der Waals surface area contributed by atoms with E-state index in [2.05, 4.69) is 20.7 Å². The molecule has 0 aliphatic carbocycles. The van der Waals surface area contributed by atoms with Crippen LogP contribution in [-0.2, 0) is 44.5 Å². The van der Waals surface area contributed by atoms with Crippen molar-refractivity contribution in [1.82, 2.24) is 30.6 Å². The average molecular weight is 871 g/mol. The summed E-state index contributed by atoms with van der Waals surface area (Å²) in [5.41, 5.74) is 0.238. The molecule has 13 atom stereocenters. The van der Waals surface area contributed by atoms with Gasteiger partial charge in [-0.2, -0.15) is 0 Å². The zero-order valence-electron chi connectivity index (χ0n) is 37.5. The molecule has 1 aromatic carbocycles. The van der Waals surface area contributed by atoms with Crippen molar-refractivity contribution in [2.75, 3.05) is 27.7 Å². The van der Waals surface area contributed by atoms with Gasteiger partial charge in [0.1, 0.15) is 41.4 Å². The predicted octanol–water partition coefficient (Wildman–Crippen LogP) is 4.24. The molecule has 3 saturated heterocycles. The number of ether oxygens (including phenoxy) is 5. The first-order chi connectivity index (χ1) is 29.1. The molecule has 18 heteroatoms. The number of carbonyl (C=O) groups excluding carboxylic acids is 5. The Labute approximate surface area is 362 Å². The van der Waals surface area contributed by atoms with Crippen LogP contribution in [0.3, 0.4) is 0 Å². The number of nitrogens with zero attached hydrogens (tertiary/aromatic N) is 4. The topological polar surface area (TPSA) is 208 Å². The van der Waals surface area contributed by atoms with E-state index in [1.54, 1.807) is 65.3 Å². The van der Waals surface area contributed by atoms with Crippen LogP contribution in [0.15, 0.2) is 36.7 Å². The summed E-state index contributed by atoms with van der Waals surface area (Å²) >= 11 is 0. The van der Waals surface area contributed by atoms with E-state index in [1.807, 2.05) is 25.9 Å². The number of benzene rings is 1. The van der Waals surface area contributed by atoms with Gasteiger partial charge in [-0.3, -0.25) is 19.8 Å². The Balaban J connectivity index is 1.48. The van der Waals surface area contributed by atoms with Gasteiger partial charge in [-0.1, -0.05) is 39.8 Å². The first kappa shape index (κ1) is 48.4. The summed E-state index contributed by atoms with van der Waals surface area (Å²) in [6.07, 6.45) is -3.35. The summed E-state index contributed by atoms with van der Waals surface area (Å²) in [6, 6.07) is 4.99. The molecule has 17 nitrogen and oxygen atoms in total. The van der Waals surface area contributed by atoms with Gasteiger partial charge in [0.15, 0.2) is 23.5 Å². The number of alkyl carbamates (subject to hydrolysis) is 1. The van der Waals surface area contributed by atoms with Crippen LogP contribution in [0.2, 0.25) is 0 Å². The normalized spacial score (nSPS) is 34.8. The number of hydrogen-bond acceptors (Lipinski definition) is 15. The summed E-state index contributed by atoms with van der Waals surface area (Å²) < 4.78 is 45.9. The van der Waals surface area contributed by atoms with Gasteiger partial charge in [0.2, 0.25) is 0 Å². The molecule has 3 N–H and O–H groups in total. The maximum atomic E-state index is 15.2. The van der Waals surface area contributed by atoms with Crippen LogP contribution in [0.25, 0.3) is 11.4 Å². The fourth-order valence-corrected chi connectivity index (χ4v) is 9.16. The number of aliphatic hydroxyl groups is 1. The number of aliphatic hydroxyl groups excluding tert-OH is 1. The molecular weight excluding hydrogens is 808 g/mol. The number of cyclic esters (lactones) is 1. The zero-order valence-corrected chi connectivity index (χ0v) is 37.5. The molecule has 3 aliphatic heterocycles. The standard InChI is InChI=1S/C44H63FN6O11/c1-12-32-44(8)36(48-41(56)62-44)25(4)33(52)23(2)22-43(7,61-42(57)49-51(11)19-16-28-14-15-29(21-30(28)45)38-46-17-13-18-47-38)37(26(5)34(53)27(6)39(55)59-32)60-40-35(54)31(50(9)10)20-24(3)58-40/h13-15,17-18,21,23-27,31-32,35-37,40,54H,12,16,19-20,22H2,1-11H3,(H,48,56)(H,49,57)/t23-,24-,25+,26+,27-,31+,32-,35-,36-,37-,40+,43-,44-/m1/s1. The lowest BCUT2D eigenvalue weighted by molar-refractivity contribution is -0.292. The average Bonchev–Trinajstić information content (AvgIpc) is 3.54. The lowest BCUT2D eigenvalue weighted by Crippen LogP contribution is -2.61. The number of halogens is 1. The number of carbonyl (C=O) groups is 5. The second kappa shape index (κ2) is 19.8. The van der Waals surface area contributed by atoms with E-state index in [4.69, 9.17) is 23.7 Å². The van der Waals surface area contributed by atoms with E-state index >= 15 is 4.39 Å². The molecule has 2 aromatic rings. The Hall–Kier alpha value is -4.62. The smallest absolute Gasteiger partial charge is 0.422 e. The van der Waals surface area contributed by atoms with Crippen molar-refractivity contribution >= 4 is 29.7 Å². The van der Waals surface area contributed by atoms with Gasteiger partial charge in [-0.05, 0) is 85.2 Å². The Morgan fingerprint density at radius 2 is 1.71 bits per heavy atom. The lowest BCUT2D eigenvalue weighted by Gasteiger charge is -2.47. The summed E-state index contributed by atoms with van der Waals surface area (Å²) in [7, 11) is 5.18. The molecule has 3 aliphatic rings. The predicted molar refractivity (Wildman–Crippen MR) is 222 cm³/mol. The highest BCUT2D eigenvalue weighted by atomic mass is 19.1. The SMILES string of the molecule is CC[C@H]1OC(=O)[C@H](C)C(=O)[C@H](C)[C@@H](O[C@@H]2O[C@H](C)C[C@H](N(C)C)[C@H]2O)[C@](C)(OC(=O)NN(C)CCc2ccc(-c3ncccn3)cc2F)C[C@@H](C)C(=O)[C@H](C)[C@H]2NC(=O)O[C@@]21C. The van der Waals surface area contributed by atoms with Crippen molar-refractivity contribution < 1.29 is 57.2 Å². The van der Waals surface area contributed by atoms with Gasteiger partial charge in [-0.25, -0.2) is 29.0 Å². The third kappa shape index (κ3) is 10.6. The number of nitrogens with one attached hydrogen (secondary N) is 2. The highest BCUT2D eigenvalue weighted by molar-refractivity contribution is 6.00. The summed E-state index contributed by atoms with van der Waals surface area (Å²) in [5.74, 6) is -6.34. The second-order valence-corrected chi connectivity index (χ2v) is 17.7. The first-order valence-electron chi connectivity index (χ1n) is 21.3. The number of ketones is 2. The van der Waals surface area contributed by atoms with E-state index in [9.17, 15) is 29.1 Å².